The molecular weight excluding hydrogens is 537 g/mol. The second-order valence-electron chi connectivity index (χ2n) is 8.44. The zero-order chi connectivity index (χ0) is 29.8. The fourth-order valence-corrected chi connectivity index (χ4v) is 3.31. The second-order valence-corrected chi connectivity index (χ2v) is 8.44. The van der Waals surface area contributed by atoms with Gasteiger partial charge < -0.3 is 26.0 Å². The van der Waals surface area contributed by atoms with E-state index in [4.69, 9.17) is 4.74 Å². The minimum Gasteiger partial charge on any atom is -0.462 e. The number of carbonyl (C=O) groups excluding carboxylic acids is 3. The second kappa shape index (κ2) is 14.7. The number of amides is 4. The Morgan fingerprint density at radius 1 is 0.634 bits per heavy atom. The molecule has 0 atom stereocenters. The van der Waals surface area contributed by atoms with Crippen LogP contribution in [0.1, 0.15) is 22.8 Å². The molecule has 0 radical (unpaired) electrons. The highest BCUT2D eigenvalue weighted by Crippen LogP contribution is 2.15. The van der Waals surface area contributed by atoms with Crippen LogP contribution in [0.15, 0.2) is 91.0 Å². The summed E-state index contributed by atoms with van der Waals surface area (Å²) in [6.07, 6.45) is 0. The number of hydrogen-bond donors (Lipinski definition) is 4. The van der Waals surface area contributed by atoms with Gasteiger partial charge in [-0.2, -0.15) is 0 Å². The predicted molar refractivity (Wildman–Crippen MR) is 152 cm³/mol. The van der Waals surface area contributed by atoms with Crippen molar-refractivity contribution >= 4 is 40.8 Å². The standard InChI is InChI=1S/C16H15FN2O3.C14H12F2N2O/c1-2-22-15(20)11-4-3-5-14(10-11)19-16(21)18-13-8-6-12(17)7-9-13;1-9-8-12(6-7-13(9)16)18-14(19)17-11-4-2-10(15)3-5-11/h3-10H,2H2,1H3,(H2,18,19,21);2-8H,1H3,(H2,17,18,19). The summed E-state index contributed by atoms with van der Waals surface area (Å²) in [5.74, 6) is -1.54. The van der Waals surface area contributed by atoms with Gasteiger partial charge in [-0.1, -0.05) is 6.07 Å². The first-order valence-corrected chi connectivity index (χ1v) is 12.3. The molecule has 41 heavy (non-hydrogen) atoms. The topological polar surface area (TPSA) is 109 Å². The monoisotopic (exact) mass is 564 g/mol. The molecule has 0 aliphatic rings. The van der Waals surface area contributed by atoms with Crippen molar-refractivity contribution in [1.29, 1.82) is 0 Å². The van der Waals surface area contributed by atoms with Crippen LogP contribution < -0.4 is 21.3 Å². The third-order valence-electron chi connectivity index (χ3n) is 5.25. The van der Waals surface area contributed by atoms with Gasteiger partial charge >= 0.3 is 18.0 Å². The molecule has 8 nitrogen and oxygen atoms in total. The van der Waals surface area contributed by atoms with Gasteiger partial charge in [0.2, 0.25) is 0 Å². The average molecular weight is 565 g/mol. The van der Waals surface area contributed by atoms with Crippen molar-refractivity contribution in [1.82, 2.24) is 0 Å². The number of rotatable bonds is 6. The van der Waals surface area contributed by atoms with Crippen molar-refractivity contribution < 1.29 is 32.3 Å². The van der Waals surface area contributed by atoms with Crippen LogP contribution in [0.25, 0.3) is 0 Å². The first-order chi connectivity index (χ1) is 19.6. The van der Waals surface area contributed by atoms with Crippen molar-refractivity contribution in [2.75, 3.05) is 27.9 Å². The predicted octanol–water partition coefficient (Wildman–Crippen LogP) is 7.56. The van der Waals surface area contributed by atoms with E-state index in [0.717, 1.165) is 0 Å². The molecule has 0 saturated carbocycles. The molecule has 0 fully saturated rings. The molecule has 0 aliphatic carbocycles. The number of urea groups is 2. The maximum absolute atomic E-state index is 13.1. The number of aryl methyl sites for hydroxylation is 1. The largest absolute Gasteiger partial charge is 0.462 e. The van der Waals surface area contributed by atoms with Crippen LogP contribution in [0.5, 0.6) is 0 Å². The van der Waals surface area contributed by atoms with Crippen LogP contribution in [-0.4, -0.2) is 24.6 Å². The summed E-state index contributed by atoms with van der Waals surface area (Å²) in [6, 6.07) is 20.5. The summed E-state index contributed by atoms with van der Waals surface area (Å²) in [7, 11) is 0. The molecule has 4 N–H and O–H groups in total. The van der Waals surface area contributed by atoms with Gasteiger partial charge in [-0.25, -0.2) is 27.6 Å². The molecule has 0 saturated heterocycles. The molecule has 0 bridgehead atoms. The summed E-state index contributed by atoms with van der Waals surface area (Å²) in [4.78, 5) is 35.1. The first-order valence-electron chi connectivity index (χ1n) is 12.3. The van der Waals surface area contributed by atoms with E-state index in [9.17, 15) is 27.6 Å². The van der Waals surface area contributed by atoms with Gasteiger partial charge in [0.05, 0.1) is 12.2 Å². The fraction of sp³-hybridized carbons (Fsp3) is 0.100. The summed E-state index contributed by atoms with van der Waals surface area (Å²) in [6.45, 7) is 3.61. The van der Waals surface area contributed by atoms with E-state index >= 15 is 0 Å². The first kappa shape index (κ1) is 30.2. The van der Waals surface area contributed by atoms with E-state index in [-0.39, 0.29) is 24.1 Å². The molecule has 4 rings (SSSR count). The molecule has 0 aliphatic heterocycles. The van der Waals surface area contributed by atoms with Gasteiger partial charge in [-0.3, -0.25) is 0 Å². The number of nitrogens with one attached hydrogen (secondary N) is 4. The van der Waals surface area contributed by atoms with Gasteiger partial charge in [-0.15, -0.1) is 0 Å². The van der Waals surface area contributed by atoms with Gasteiger partial charge in [0.1, 0.15) is 17.5 Å². The number of ether oxygens (including phenoxy) is 1. The van der Waals surface area contributed by atoms with Crippen molar-refractivity contribution in [2.45, 2.75) is 13.8 Å². The Balaban J connectivity index is 0.000000228. The zero-order valence-electron chi connectivity index (χ0n) is 22.1. The van der Waals surface area contributed by atoms with E-state index in [1.807, 2.05) is 0 Å². The van der Waals surface area contributed by atoms with Crippen molar-refractivity contribution in [3.05, 3.63) is 120 Å². The highest BCUT2D eigenvalue weighted by atomic mass is 19.1. The summed E-state index contributed by atoms with van der Waals surface area (Å²) >= 11 is 0. The Morgan fingerprint density at radius 2 is 1.10 bits per heavy atom. The van der Waals surface area contributed by atoms with Gasteiger partial charge in [0.15, 0.2) is 0 Å². The Hall–Kier alpha value is -5.32. The van der Waals surface area contributed by atoms with E-state index < -0.39 is 18.0 Å². The lowest BCUT2D eigenvalue weighted by Gasteiger charge is -2.09. The highest BCUT2D eigenvalue weighted by molar-refractivity contribution is 6.01. The van der Waals surface area contributed by atoms with Gasteiger partial charge in [-0.05, 0) is 104 Å². The molecule has 0 aromatic heterocycles. The van der Waals surface area contributed by atoms with Crippen LogP contribution in [0.3, 0.4) is 0 Å². The Kier molecular flexibility index (Phi) is 10.9. The van der Waals surface area contributed by atoms with Gasteiger partial charge in [0.25, 0.3) is 0 Å². The number of esters is 1. The summed E-state index contributed by atoms with van der Waals surface area (Å²) < 4.78 is 43.4. The molecule has 11 heteroatoms. The number of halogens is 3. The minimum absolute atomic E-state index is 0.279. The summed E-state index contributed by atoms with van der Waals surface area (Å²) in [5.41, 5.74) is 2.66. The fourth-order valence-electron chi connectivity index (χ4n) is 3.31. The third-order valence-corrected chi connectivity index (χ3v) is 5.25. The Bertz CT molecular complexity index is 1500. The van der Waals surface area contributed by atoms with E-state index in [1.165, 1.54) is 72.8 Å². The number of anilines is 4. The van der Waals surface area contributed by atoms with Crippen LogP contribution in [0.2, 0.25) is 0 Å². The third kappa shape index (κ3) is 10.1. The maximum atomic E-state index is 13.1. The quantitative estimate of drug-likeness (QED) is 0.181. The molecule has 0 unspecified atom stereocenters. The van der Waals surface area contributed by atoms with Crippen LogP contribution in [0.4, 0.5) is 45.5 Å². The minimum atomic E-state index is -0.493. The van der Waals surface area contributed by atoms with Crippen LogP contribution >= 0.6 is 0 Å². The maximum Gasteiger partial charge on any atom is 0.338 e. The van der Waals surface area contributed by atoms with Crippen molar-refractivity contribution in [2.24, 2.45) is 0 Å². The summed E-state index contributed by atoms with van der Waals surface area (Å²) in [5, 5.41) is 10.3. The SMILES string of the molecule is CCOC(=O)c1cccc(NC(=O)Nc2ccc(F)cc2)c1.Cc1cc(NC(=O)Nc2ccc(F)cc2)ccc1F. The highest BCUT2D eigenvalue weighted by Gasteiger charge is 2.09. The van der Waals surface area contributed by atoms with E-state index in [1.54, 1.807) is 32.0 Å². The number of carbonyl (C=O) groups is 3. The molecule has 212 valence electrons. The lowest BCUT2D eigenvalue weighted by molar-refractivity contribution is 0.0526. The smallest absolute Gasteiger partial charge is 0.338 e. The number of hydrogen-bond acceptors (Lipinski definition) is 4. The Labute approximate surface area is 234 Å². The Morgan fingerprint density at radius 3 is 1.59 bits per heavy atom. The van der Waals surface area contributed by atoms with Crippen molar-refractivity contribution in [3.8, 4) is 0 Å². The molecule has 4 aromatic rings. The molecule has 4 amide bonds. The molecule has 0 spiro atoms. The molecular formula is C30H27F3N4O4. The molecule has 4 aromatic carbocycles. The van der Waals surface area contributed by atoms with Gasteiger partial charge in [0, 0.05) is 22.7 Å². The lowest BCUT2D eigenvalue weighted by atomic mass is 10.2. The van der Waals surface area contributed by atoms with E-state index in [2.05, 4.69) is 21.3 Å². The lowest BCUT2D eigenvalue weighted by Crippen LogP contribution is -2.19. The number of benzene rings is 4. The zero-order valence-corrected chi connectivity index (χ0v) is 22.1. The van der Waals surface area contributed by atoms with Crippen LogP contribution in [0, 0.1) is 24.4 Å². The van der Waals surface area contributed by atoms with Crippen LogP contribution in [-0.2, 0) is 4.74 Å². The average Bonchev–Trinajstić information content (AvgIpc) is 2.94. The molecule has 0 heterocycles. The van der Waals surface area contributed by atoms with Crippen molar-refractivity contribution in [3.63, 3.8) is 0 Å². The normalized spacial score (nSPS) is 9.98. The van der Waals surface area contributed by atoms with E-state index in [0.29, 0.717) is 33.9 Å².